The average molecular weight is 405 g/mol. The van der Waals surface area contributed by atoms with E-state index < -0.39 is 0 Å². The first-order valence-electron chi connectivity index (χ1n) is 10.6. The molecule has 1 aliphatic rings. The summed E-state index contributed by atoms with van der Waals surface area (Å²) in [6.07, 6.45) is 2.94. The van der Waals surface area contributed by atoms with Gasteiger partial charge in [0.2, 0.25) is 5.91 Å². The number of carbonyl (C=O) groups is 1. The molecule has 4 rings (SSSR count). The SMILES string of the molecule is COCC1CCN(C(=O)CCc2nc(-c3ccccc3)c(-c3ccccc3)o2)CC1. The number of amides is 1. The third kappa shape index (κ3) is 4.79. The standard InChI is InChI=1S/C25H28N2O3/c1-29-18-19-14-16-27(17-15-19)23(28)13-12-22-26-24(20-8-4-2-5-9-20)25(30-22)21-10-6-3-7-11-21/h2-11,19H,12-18H2,1H3. The third-order valence-corrected chi connectivity index (χ3v) is 5.68. The highest BCUT2D eigenvalue weighted by Gasteiger charge is 2.23. The number of benzene rings is 2. The normalized spacial score (nSPS) is 14.8. The average Bonchev–Trinajstić information content (AvgIpc) is 3.24. The lowest BCUT2D eigenvalue weighted by Gasteiger charge is -2.31. The van der Waals surface area contributed by atoms with Gasteiger partial charge in [-0.3, -0.25) is 4.79 Å². The van der Waals surface area contributed by atoms with Crippen LogP contribution in [-0.4, -0.2) is 42.6 Å². The molecule has 1 aromatic heterocycles. The van der Waals surface area contributed by atoms with Crippen molar-refractivity contribution >= 4 is 5.91 Å². The molecule has 0 spiro atoms. The van der Waals surface area contributed by atoms with E-state index in [0.717, 1.165) is 55.1 Å². The van der Waals surface area contributed by atoms with Crippen LogP contribution in [0.4, 0.5) is 0 Å². The van der Waals surface area contributed by atoms with Gasteiger partial charge in [-0.15, -0.1) is 0 Å². The van der Waals surface area contributed by atoms with Gasteiger partial charge in [0.1, 0.15) is 5.69 Å². The predicted molar refractivity (Wildman–Crippen MR) is 117 cm³/mol. The Morgan fingerprint density at radius 3 is 2.30 bits per heavy atom. The summed E-state index contributed by atoms with van der Waals surface area (Å²) < 4.78 is 11.4. The number of rotatable bonds is 7. The van der Waals surface area contributed by atoms with Crippen LogP contribution in [-0.2, 0) is 16.0 Å². The number of hydrogen-bond acceptors (Lipinski definition) is 4. The van der Waals surface area contributed by atoms with E-state index in [1.165, 1.54) is 0 Å². The summed E-state index contributed by atoms with van der Waals surface area (Å²) in [4.78, 5) is 19.4. The van der Waals surface area contributed by atoms with Gasteiger partial charge in [0, 0.05) is 50.8 Å². The van der Waals surface area contributed by atoms with Gasteiger partial charge in [0.15, 0.2) is 11.7 Å². The van der Waals surface area contributed by atoms with Gasteiger partial charge in [-0.25, -0.2) is 4.98 Å². The number of aryl methyl sites for hydroxylation is 1. The summed E-state index contributed by atoms with van der Waals surface area (Å²) in [7, 11) is 1.74. The maximum atomic E-state index is 12.7. The van der Waals surface area contributed by atoms with Crippen LogP contribution in [0.15, 0.2) is 65.1 Å². The Balaban J connectivity index is 1.46. The number of methoxy groups -OCH3 is 1. The second kappa shape index (κ2) is 9.72. The molecule has 0 radical (unpaired) electrons. The molecule has 0 unspecified atom stereocenters. The minimum Gasteiger partial charge on any atom is -0.440 e. The van der Waals surface area contributed by atoms with Gasteiger partial charge in [-0.1, -0.05) is 60.7 Å². The predicted octanol–water partition coefficient (Wildman–Crippen LogP) is 4.83. The number of ether oxygens (including phenoxy) is 1. The van der Waals surface area contributed by atoms with Crippen LogP contribution in [0, 0.1) is 5.92 Å². The molecule has 3 aromatic rings. The summed E-state index contributed by atoms with van der Waals surface area (Å²) in [5.41, 5.74) is 2.82. The fourth-order valence-corrected chi connectivity index (χ4v) is 4.00. The molecule has 30 heavy (non-hydrogen) atoms. The zero-order chi connectivity index (χ0) is 20.8. The van der Waals surface area contributed by atoms with Crippen LogP contribution >= 0.6 is 0 Å². The molecule has 1 amide bonds. The number of hydrogen-bond donors (Lipinski definition) is 0. The van der Waals surface area contributed by atoms with Crippen molar-refractivity contribution in [2.24, 2.45) is 5.92 Å². The number of oxazole rings is 1. The molecule has 2 heterocycles. The van der Waals surface area contributed by atoms with Crippen molar-refractivity contribution < 1.29 is 13.9 Å². The largest absolute Gasteiger partial charge is 0.440 e. The van der Waals surface area contributed by atoms with Crippen molar-refractivity contribution in [3.63, 3.8) is 0 Å². The van der Waals surface area contributed by atoms with Crippen molar-refractivity contribution in [3.05, 3.63) is 66.6 Å². The lowest BCUT2D eigenvalue weighted by Crippen LogP contribution is -2.39. The second-order valence-electron chi connectivity index (χ2n) is 7.80. The molecule has 156 valence electrons. The minimum atomic E-state index is 0.173. The molecule has 0 bridgehead atoms. The quantitative estimate of drug-likeness (QED) is 0.566. The Morgan fingerprint density at radius 1 is 1.03 bits per heavy atom. The zero-order valence-electron chi connectivity index (χ0n) is 17.4. The molecule has 1 saturated heterocycles. The molecule has 1 aliphatic heterocycles. The van der Waals surface area contributed by atoms with Crippen LogP contribution in [0.2, 0.25) is 0 Å². The fraction of sp³-hybridized carbons (Fsp3) is 0.360. The van der Waals surface area contributed by atoms with Crippen LogP contribution < -0.4 is 0 Å². The molecule has 5 nitrogen and oxygen atoms in total. The first-order valence-corrected chi connectivity index (χ1v) is 10.6. The number of likely N-dealkylation sites (tertiary alicyclic amines) is 1. The van der Waals surface area contributed by atoms with Crippen molar-refractivity contribution in [2.45, 2.75) is 25.7 Å². The first kappa shape index (κ1) is 20.4. The van der Waals surface area contributed by atoms with Crippen LogP contribution in [0.3, 0.4) is 0 Å². The smallest absolute Gasteiger partial charge is 0.223 e. The van der Waals surface area contributed by atoms with E-state index in [1.54, 1.807) is 7.11 Å². The van der Waals surface area contributed by atoms with Crippen molar-refractivity contribution in [2.75, 3.05) is 26.8 Å². The summed E-state index contributed by atoms with van der Waals surface area (Å²) >= 11 is 0. The molecule has 5 heteroatoms. The topological polar surface area (TPSA) is 55.6 Å². The van der Waals surface area contributed by atoms with Crippen LogP contribution in [0.1, 0.15) is 25.2 Å². The van der Waals surface area contributed by atoms with E-state index in [4.69, 9.17) is 14.1 Å². The Hall–Kier alpha value is -2.92. The molecule has 0 N–H and O–H groups in total. The molecule has 0 atom stereocenters. The second-order valence-corrected chi connectivity index (χ2v) is 7.80. The van der Waals surface area contributed by atoms with E-state index >= 15 is 0 Å². The molecule has 1 fully saturated rings. The highest BCUT2D eigenvalue weighted by atomic mass is 16.5. The van der Waals surface area contributed by atoms with Gasteiger partial charge in [0.05, 0.1) is 0 Å². The van der Waals surface area contributed by atoms with Crippen LogP contribution in [0.25, 0.3) is 22.6 Å². The van der Waals surface area contributed by atoms with Gasteiger partial charge < -0.3 is 14.1 Å². The molecule has 2 aromatic carbocycles. The summed E-state index contributed by atoms with van der Waals surface area (Å²) in [6, 6.07) is 20.0. The summed E-state index contributed by atoms with van der Waals surface area (Å²) in [5.74, 6) is 2.10. The number of piperidine rings is 1. The molecule has 0 saturated carbocycles. The molecular formula is C25H28N2O3. The third-order valence-electron chi connectivity index (χ3n) is 5.68. The Morgan fingerprint density at radius 2 is 1.67 bits per heavy atom. The van der Waals surface area contributed by atoms with Crippen LogP contribution in [0.5, 0.6) is 0 Å². The van der Waals surface area contributed by atoms with Gasteiger partial charge in [0.25, 0.3) is 0 Å². The minimum absolute atomic E-state index is 0.173. The molecular weight excluding hydrogens is 376 g/mol. The Bertz CT molecular complexity index is 888. The van der Waals surface area contributed by atoms with E-state index in [-0.39, 0.29) is 5.91 Å². The Kier molecular flexibility index (Phi) is 6.60. The van der Waals surface area contributed by atoms with Gasteiger partial charge in [-0.05, 0) is 18.8 Å². The van der Waals surface area contributed by atoms with Gasteiger partial charge >= 0.3 is 0 Å². The maximum absolute atomic E-state index is 12.7. The van der Waals surface area contributed by atoms with E-state index in [1.807, 2.05) is 65.6 Å². The zero-order valence-corrected chi connectivity index (χ0v) is 17.4. The lowest BCUT2D eigenvalue weighted by molar-refractivity contribution is -0.132. The monoisotopic (exact) mass is 404 g/mol. The first-order chi connectivity index (χ1) is 14.7. The lowest BCUT2D eigenvalue weighted by atomic mass is 9.97. The maximum Gasteiger partial charge on any atom is 0.223 e. The number of aromatic nitrogens is 1. The highest BCUT2D eigenvalue weighted by molar-refractivity contribution is 5.78. The summed E-state index contributed by atoms with van der Waals surface area (Å²) in [6.45, 7) is 2.40. The Labute approximate surface area is 177 Å². The number of nitrogens with zero attached hydrogens (tertiary/aromatic N) is 2. The van der Waals surface area contributed by atoms with Crippen molar-refractivity contribution in [1.29, 1.82) is 0 Å². The van der Waals surface area contributed by atoms with Gasteiger partial charge in [-0.2, -0.15) is 0 Å². The van der Waals surface area contributed by atoms with E-state index in [0.29, 0.717) is 24.7 Å². The molecule has 0 aliphatic carbocycles. The highest BCUT2D eigenvalue weighted by Crippen LogP contribution is 2.33. The number of carbonyl (C=O) groups excluding carboxylic acids is 1. The van der Waals surface area contributed by atoms with E-state index in [2.05, 4.69) is 0 Å². The van der Waals surface area contributed by atoms with Crippen molar-refractivity contribution in [1.82, 2.24) is 9.88 Å². The van der Waals surface area contributed by atoms with Crippen molar-refractivity contribution in [3.8, 4) is 22.6 Å². The van der Waals surface area contributed by atoms with E-state index in [9.17, 15) is 4.79 Å². The fourth-order valence-electron chi connectivity index (χ4n) is 4.00. The summed E-state index contributed by atoms with van der Waals surface area (Å²) in [5, 5.41) is 0.